The van der Waals surface area contributed by atoms with Crippen molar-refractivity contribution >= 4 is 24.0 Å². The van der Waals surface area contributed by atoms with Gasteiger partial charge in [-0.15, -0.1) is 12.4 Å². The summed E-state index contributed by atoms with van der Waals surface area (Å²) in [5.74, 6) is 0.359. The lowest BCUT2D eigenvalue weighted by Gasteiger charge is -2.34. The Bertz CT molecular complexity index is 684. The molecule has 2 aromatic rings. The number of aromatic hydroxyl groups is 1. The molecule has 2 nitrogen and oxygen atoms in total. The first kappa shape index (κ1) is 13.7. The van der Waals surface area contributed by atoms with E-state index in [9.17, 15) is 5.11 Å². The van der Waals surface area contributed by atoms with Crippen molar-refractivity contribution in [1.82, 2.24) is 5.32 Å². The number of phenolic OH excluding ortho intramolecular Hbond substituents is 1. The first-order chi connectivity index (χ1) is 9.22. The van der Waals surface area contributed by atoms with Crippen molar-refractivity contribution in [2.75, 3.05) is 6.54 Å². The second-order valence-electron chi connectivity index (χ2n) is 5.33. The molecule has 2 N–H and O–H groups in total. The van der Waals surface area contributed by atoms with Crippen LogP contribution in [0.25, 0.3) is 11.1 Å². The van der Waals surface area contributed by atoms with Crippen molar-refractivity contribution in [2.24, 2.45) is 0 Å². The van der Waals surface area contributed by atoms with E-state index in [2.05, 4.69) is 11.4 Å². The van der Waals surface area contributed by atoms with E-state index in [1.807, 2.05) is 24.3 Å². The third-order valence-electron chi connectivity index (χ3n) is 4.17. The molecule has 20 heavy (non-hydrogen) atoms. The van der Waals surface area contributed by atoms with Crippen LogP contribution < -0.4 is 5.32 Å². The minimum atomic E-state index is 0. The SMILES string of the molecule is Cl.Oc1cc2c3c(c1)-c1ccc(Cl)cc1CC3NCC2. The zero-order chi connectivity index (χ0) is 13.0. The predicted molar refractivity (Wildman–Crippen MR) is 84.0 cm³/mol. The molecule has 0 spiro atoms. The van der Waals surface area contributed by atoms with Gasteiger partial charge in [0.1, 0.15) is 5.75 Å². The fourth-order valence-electron chi connectivity index (χ4n) is 3.41. The van der Waals surface area contributed by atoms with E-state index in [0.717, 1.165) is 30.0 Å². The summed E-state index contributed by atoms with van der Waals surface area (Å²) in [4.78, 5) is 0. The summed E-state index contributed by atoms with van der Waals surface area (Å²) in [5, 5.41) is 14.3. The number of hydrogen-bond acceptors (Lipinski definition) is 2. The quantitative estimate of drug-likeness (QED) is 0.774. The molecule has 0 bridgehead atoms. The van der Waals surface area contributed by atoms with Gasteiger partial charge in [-0.25, -0.2) is 0 Å². The summed E-state index contributed by atoms with van der Waals surface area (Å²) in [7, 11) is 0. The van der Waals surface area contributed by atoms with Crippen LogP contribution in [0, 0.1) is 0 Å². The molecule has 1 atom stereocenters. The minimum absolute atomic E-state index is 0. The summed E-state index contributed by atoms with van der Waals surface area (Å²) < 4.78 is 0. The van der Waals surface area contributed by atoms with Crippen LogP contribution in [0.5, 0.6) is 5.75 Å². The van der Waals surface area contributed by atoms with Crippen LogP contribution in [0.2, 0.25) is 5.02 Å². The van der Waals surface area contributed by atoms with Gasteiger partial charge in [-0.2, -0.15) is 0 Å². The van der Waals surface area contributed by atoms with Crippen molar-refractivity contribution in [1.29, 1.82) is 0 Å². The van der Waals surface area contributed by atoms with Crippen molar-refractivity contribution in [3.63, 3.8) is 0 Å². The number of rotatable bonds is 0. The molecule has 0 aromatic heterocycles. The van der Waals surface area contributed by atoms with Gasteiger partial charge in [0.2, 0.25) is 0 Å². The van der Waals surface area contributed by atoms with E-state index >= 15 is 0 Å². The number of phenols is 1. The van der Waals surface area contributed by atoms with E-state index in [0.29, 0.717) is 11.8 Å². The Morgan fingerprint density at radius 1 is 1.10 bits per heavy atom. The molecule has 4 rings (SSSR count). The van der Waals surface area contributed by atoms with E-state index in [1.165, 1.54) is 22.3 Å². The minimum Gasteiger partial charge on any atom is -0.508 e. The monoisotopic (exact) mass is 307 g/mol. The maximum absolute atomic E-state index is 9.94. The summed E-state index contributed by atoms with van der Waals surface area (Å²) in [5.41, 5.74) is 6.26. The molecule has 1 aliphatic carbocycles. The number of nitrogens with one attached hydrogen (secondary N) is 1. The Labute approximate surface area is 129 Å². The molecule has 0 amide bonds. The van der Waals surface area contributed by atoms with Crippen molar-refractivity contribution < 1.29 is 5.11 Å². The molecule has 1 heterocycles. The number of halogens is 2. The second kappa shape index (κ2) is 4.96. The van der Waals surface area contributed by atoms with Crippen LogP contribution in [0.1, 0.15) is 22.7 Å². The largest absolute Gasteiger partial charge is 0.508 e. The average Bonchev–Trinajstić information content (AvgIpc) is 2.38. The molecule has 0 fully saturated rings. The van der Waals surface area contributed by atoms with Gasteiger partial charge in [-0.3, -0.25) is 0 Å². The zero-order valence-corrected chi connectivity index (χ0v) is 12.4. The lowest BCUT2D eigenvalue weighted by Crippen LogP contribution is -2.33. The van der Waals surface area contributed by atoms with Crippen LogP contribution >= 0.6 is 24.0 Å². The molecular weight excluding hydrogens is 293 g/mol. The van der Waals surface area contributed by atoms with Crippen LogP contribution in [0.4, 0.5) is 0 Å². The molecule has 0 saturated carbocycles. The average molecular weight is 308 g/mol. The van der Waals surface area contributed by atoms with Gasteiger partial charge in [-0.05, 0) is 71.5 Å². The van der Waals surface area contributed by atoms with Gasteiger partial charge >= 0.3 is 0 Å². The number of benzene rings is 2. The molecule has 2 aromatic carbocycles. The molecule has 0 radical (unpaired) electrons. The highest BCUT2D eigenvalue weighted by atomic mass is 35.5. The molecule has 104 valence electrons. The molecule has 2 aliphatic rings. The third kappa shape index (κ3) is 1.99. The number of fused-ring (bicyclic) bond motifs is 2. The predicted octanol–water partition coefficient (Wildman–Crippen LogP) is 3.88. The molecule has 0 saturated heterocycles. The summed E-state index contributed by atoms with van der Waals surface area (Å²) >= 11 is 6.10. The van der Waals surface area contributed by atoms with E-state index in [1.54, 1.807) is 0 Å². The van der Waals surface area contributed by atoms with Gasteiger partial charge in [0.15, 0.2) is 0 Å². The lowest BCUT2D eigenvalue weighted by atomic mass is 9.78. The van der Waals surface area contributed by atoms with Gasteiger partial charge in [0.05, 0.1) is 0 Å². The highest BCUT2D eigenvalue weighted by molar-refractivity contribution is 6.30. The Balaban J connectivity index is 0.00000121. The second-order valence-corrected chi connectivity index (χ2v) is 5.76. The highest BCUT2D eigenvalue weighted by Gasteiger charge is 2.29. The normalized spacial score (nSPS) is 18.8. The van der Waals surface area contributed by atoms with E-state index in [-0.39, 0.29) is 12.4 Å². The summed E-state index contributed by atoms with van der Waals surface area (Å²) in [6.45, 7) is 0.969. The topological polar surface area (TPSA) is 32.3 Å². The van der Waals surface area contributed by atoms with Gasteiger partial charge in [0.25, 0.3) is 0 Å². The van der Waals surface area contributed by atoms with Gasteiger partial charge < -0.3 is 10.4 Å². The summed E-state index contributed by atoms with van der Waals surface area (Å²) in [6.07, 6.45) is 1.96. The summed E-state index contributed by atoms with van der Waals surface area (Å²) in [6, 6.07) is 10.2. The molecular formula is C16H15Cl2NO. The van der Waals surface area contributed by atoms with Crippen LogP contribution in [0.15, 0.2) is 30.3 Å². The molecule has 4 heteroatoms. The lowest BCUT2D eigenvalue weighted by molar-refractivity contribution is 0.466. The Morgan fingerprint density at radius 2 is 1.95 bits per heavy atom. The highest BCUT2D eigenvalue weighted by Crippen LogP contribution is 2.44. The Morgan fingerprint density at radius 3 is 2.80 bits per heavy atom. The van der Waals surface area contributed by atoms with Gasteiger partial charge in [-0.1, -0.05) is 17.7 Å². The van der Waals surface area contributed by atoms with Crippen molar-refractivity contribution in [3.05, 3.63) is 52.0 Å². The van der Waals surface area contributed by atoms with Crippen LogP contribution in [-0.4, -0.2) is 11.7 Å². The first-order valence-corrected chi connectivity index (χ1v) is 6.98. The van der Waals surface area contributed by atoms with E-state index in [4.69, 9.17) is 11.6 Å². The maximum Gasteiger partial charge on any atom is 0.116 e. The third-order valence-corrected chi connectivity index (χ3v) is 4.40. The van der Waals surface area contributed by atoms with Crippen molar-refractivity contribution in [3.8, 4) is 16.9 Å². The maximum atomic E-state index is 9.94. The Kier molecular flexibility index (Phi) is 3.41. The van der Waals surface area contributed by atoms with Crippen LogP contribution in [0.3, 0.4) is 0 Å². The fraction of sp³-hybridized carbons (Fsp3) is 0.250. The van der Waals surface area contributed by atoms with E-state index < -0.39 is 0 Å². The number of hydrogen-bond donors (Lipinski definition) is 2. The fourth-order valence-corrected chi connectivity index (χ4v) is 3.60. The zero-order valence-electron chi connectivity index (χ0n) is 10.8. The molecule has 1 aliphatic heterocycles. The van der Waals surface area contributed by atoms with Gasteiger partial charge in [0, 0.05) is 11.1 Å². The van der Waals surface area contributed by atoms with Crippen molar-refractivity contribution in [2.45, 2.75) is 18.9 Å². The van der Waals surface area contributed by atoms with Crippen LogP contribution in [-0.2, 0) is 12.8 Å². The first-order valence-electron chi connectivity index (χ1n) is 6.60. The standard InChI is InChI=1S/C16H14ClNO.ClH/c17-11-1-2-13-10(5-11)7-15-16-9(3-4-18-15)6-12(19)8-14(13)16;/h1-2,5-6,8,15,18-19H,3-4,7H2;1H. The Hall–Kier alpha value is -1.22. The smallest absolute Gasteiger partial charge is 0.116 e. The molecule has 1 unspecified atom stereocenters.